The number of piperidine rings is 1. The maximum absolute atomic E-state index is 5.70. The van der Waals surface area contributed by atoms with E-state index in [1.807, 2.05) is 0 Å². The summed E-state index contributed by atoms with van der Waals surface area (Å²) in [6.45, 7) is 4.38. The minimum atomic E-state index is 0.216. The molecule has 1 unspecified atom stereocenters. The SMILES string of the molecule is COc1nc(N)nc(N2CCC(N3CCCCC3)C2)n1. The van der Waals surface area contributed by atoms with Crippen LogP contribution in [0.2, 0.25) is 0 Å². The van der Waals surface area contributed by atoms with Crippen molar-refractivity contribution < 1.29 is 4.74 Å². The summed E-state index contributed by atoms with van der Waals surface area (Å²) in [6, 6.07) is 0.896. The van der Waals surface area contributed by atoms with Gasteiger partial charge >= 0.3 is 6.01 Å². The van der Waals surface area contributed by atoms with E-state index < -0.39 is 0 Å². The van der Waals surface area contributed by atoms with Gasteiger partial charge in [-0.2, -0.15) is 15.0 Å². The molecule has 3 heterocycles. The van der Waals surface area contributed by atoms with Crippen LogP contribution in [-0.2, 0) is 0 Å². The van der Waals surface area contributed by atoms with Crippen molar-refractivity contribution >= 4 is 11.9 Å². The molecular formula is C13H22N6O. The van der Waals surface area contributed by atoms with Gasteiger partial charge in [0, 0.05) is 19.1 Å². The predicted molar refractivity (Wildman–Crippen MR) is 76.8 cm³/mol. The first kappa shape index (κ1) is 13.4. The molecule has 1 aromatic rings. The average molecular weight is 278 g/mol. The second-order valence-corrected chi connectivity index (χ2v) is 5.47. The van der Waals surface area contributed by atoms with Gasteiger partial charge in [0.1, 0.15) is 0 Å². The molecule has 2 fully saturated rings. The van der Waals surface area contributed by atoms with Gasteiger partial charge in [-0.15, -0.1) is 0 Å². The third-order valence-electron chi connectivity index (χ3n) is 4.16. The van der Waals surface area contributed by atoms with Crippen molar-refractivity contribution in [3.05, 3.63) is 0 Å². The van der Waals surface area contributed by atoms with E-state index >= 15 is 0 Å². The van der Waals surface area contributed by atoms with E-state index in [0.717, 1.165) is 19.5 Å². The van der Waals surface area contributed by atoms with Crippen LogP contribution in [0.3, 0.4) is 0 Å². The quantitative estimate of drug-likeness (QED) is 0.863. The van der Waals surface area contributed by atoms with E-state index in [0.29, 0.717) is 12.0 Å². The van der Waals surface area contributed by atoms with Crippen molar-refractivity contribution in [2.45, 2.75) is 31.7 Å². The van der Waals surface area contributed by atoms with Gasteiger partial charge in [0.25, 0.3) is 0 Å². The van der Waals surface area contributed by atoms with Crippen LogP contribution >= 0.6 is 0 Å². The third-order valence-corrected chi connectivity index (χ3v) is 4.16. The van der Waals surface area contributed by atoms with Crippen LogP contribution in [-0.4, -0.2) is 59.2 Å². The van der Waals surface area contributed by atoms with E-state index in [1.54, 1.807) is 7.11 Å². The molecule has 110 valence electrons. The Morgan fingerprint density at radius 1 is 1.10 bits per heavy atom. The molecule has 2 saturated heterocycles. The lowest BCUT2D eigenvalue weighted by atomic mass is 10.1. The molecule has 3 rings (SSSR count). The van der Waals surface area contributed by atoms with Crippen LogP contribution in [0.1, 0.15) is 25.7 Å². The number of aromatic nitrogens is 3. The van der Waals surface area contributed by atoms with E-state index in [4.69, 9.17) is 10.5 Å². The number of rotatable bonds is 3. The van der Waals surface area contributed by atoms with Gasteiger partial charge in [-0.05, 0) is 32.4 Å². The molecule has 0 aliphatic carbocycles. The maximum Gasteiger partial charge on any atom is 0.322 e. The molecule has 2 aliphatic heterocycles. The molecule has 1 aromatic heterocycles. The fourth-order valence-electron chi connectivity index (χ4n) is 3.10. The molecule has 1 atom stereocenters. The Kier molecular flexibility index (Phi) is 3.86. The van der Waals surface area contributed by atoms with Crippen molar-refractivity contribution in [3.8, 4) is 6.01 Å². The topological polar surface area (TPSA) is 80.4 Å². The number of nitrogen functional groups attached to an aromatic ring is 1. The smallest absolute Gasteiger partial charge is 0.322 e. The summed E-state index contributed by atoms with van der Waals surface area (Å²) in [6.07, 6.45) is 5.17. The lowest BCUT2D eigenvalue weighted by Gasteiger charge is -2.32. The van der Waals surface area contributed by atoms with Crippen molar-refractivity contribution in [1.29, 1.82) is 0 Å². The van der Waals surface area contributed by atoms with Crippen LogP contribution in [0.5, 0.6) is 6.01 Å². The van der Waals surface area contributed by atoms with Crippen LogP contribution in [0.25, 0.3) is 0 Å². The Balaban J connectivity index is 1.68. The molecular weight excluding hydrogens is 256 g/mol. The Labute approximate surface area is 119 Å². The largest absolute Gasteiger partial charge is 0.467 e. The van der Waals surface area contributed by atoms with E-state index in [9.17, 15) is 0 Å². The Morgan fingerprint density at radius 2 is 1.90 bits per heavy atom. The summed E-state index contributed by atoms with van der Waals surface area (Å²) in [4.78, 5) is 17.2. The standard InChI is InChI=1S/C13H22N6O/c1-20-13-16-11(14)15-12(17-13)19-8-5-10(9-19)18-6-3-2-4-7-18/h10H,2-9H2,1H3,(H2,14,15,16,17). The predicted octanol–water partition coefficient (Wildman–Crippen LogP) is 0.527. The number of ether oxygens (including phenoxy) is 1. The molecule has 7 heteroatoms. The Bertz CT molecular complexity index is 462. The number of likely N-dealkylation sites (tertiary alicyclic amines) is 1. The molecule has 7 nitrogen and oxygen atoms in total. The minimum absolute atomic E-state index is 0.216. The first-order chi connectivity index (χ1) is 9.76. The van der Waals surface area contributed by atoms with Gasteiger partial charge in [0.05, 0.1) is 7.11 Å². The summed E-state index contributed by atoms with van der Waals surface area (Å²) in [7, 11) is 1.54. The number of anilines is 2. The highest BCUT2D eigenvalue weighted by Gasteiger charge is 2.30. The molecule has 2 N–H and O–H groups in total. The third kappa shape index (κ3) is 2.77. The molecule has 0 radical (unpaired) electrons. The fraction of sp³-hybridized carbons (Fsp3) is 0.769. The van der Waals surface area contributed by atoms with Gasteiger partial charge in [0.2, 0.25) is 11.9 Å². The Morgan fingerprint density at radius 3 is 2.65 bits per heavy atom. The molecule has 0 spiro atoms. The van der Waals surface area contributed by atoms with Crippen molar-refractivity contribution in [2.75, 3.05) is 43.9 Å². The average Bonchev–Trinajstić information content (AvgIpc) is 2.97. The molecule has 0 bridgehead atoms. The van der Waals surface area contributed by atoms with Gasteiger partial charge in [0.15, 0.2) is 0 Å². The summed E-state index contributed by atoms with van der Waals surface area (Å²) >= 11 is 0. The number of nitrogens with zero attached hydrogens (tertiary/aromatic N) is 5. The maximum atomic E-state index is 5.70. The zero-order chi connectivity index (χ0) is 13.9. The van der Waals surface area contributed by atoms with Gasteiger partial charge < -0.3 is 15.4 Å². The van der Waals surface area contributed by atoms with E-state index in [1.165, 1.54) is 32.4 Å². The molecule has 0 saturated carbocycles. The van der Waals surface area contributed by atoms with Gasteiger partial charge in [-0.25, -0.2) is 0 Å². The number of hydrogen-bond donors (Lipinski definition) is 1. The van der Waals surface area contributed by atoms with Gasteiger partial charge in [-0.3, -0.25) is 4.90 Å². The summed E-state index contributed by atoms with van der Waals surface area (Å²) in [5, 5.41) is 0. The van der Waals surface area contributed by atoms with Crippen LogP contribution in [0, 0.1) is 0 Å². The molecule has 2 aliphatic rings. The second-order valence-electron chi connectivity index (χ2n) is 5.47. The summed E-state index contributed by atoms with van der Waals surface area (Å²) < 4.78 is 5.06. The number of nitrogens with two attached hydrogens (primary N) is 1. The lowest BCUT2D eigenvalue weighted by molar-refractivity contribution is 0.174. The normalized spacial score (nSPS) is 24.1. The second kappa shape index (κ2) is 5.78. The highest BCUT2D eigenvalue weighted by Crippen LogP contribution is 2.23. The number of methoxy groups -OCH3 is 1. The van der Waals surface area contributed by atoms with Crippen LogP contribution in [0.4, 0.5) is 11.9 Å². The van der Waals surface area contributed by atoms with Crippen molar-refractivity contribution in [3.63, 3.8) is 0 Å². The van der Waals surface area contributed by atoms with E-state index in [2.05, 4.69) is 24.8 Å². The van der Waals surface area contributed by atoms with E-state index in [-0.39, 0.29) is 12.0 Å². The summed E-state index contributed by atoms with van der Waals surface area (Å²) in [5.41, 5.74) is 5.70. The first-order valence-corrected chi connectivity index (χ1v) is 7.31. The highest BCUT2D eigenvalue weighted by atomic mass is 16.5. The van der Waals surface area contributed by atoms with Crippen LogP contribution < -0.4 is 15.4 Å². The van der Waals surface area contributed by atoms with Gasteiger partial charge in [-0.1, -0.05) is 6.42 Å². The zero-order valence-electron chi connectivity index (χ0n) is 12.0. The summed E-state index contributed by atoms with van der Waals surface area (Å²) in [5.74, 6) is 0.849. The first-order valence-electron chi connectivity index (χ1n) is 7.31. The van der Waals surface area contributed by atoms with Crippen molar-refractivity contribution in [1.82, 2.24) is 19.9 Å². The fourth-order valence-corrected chi connectivity index (χ4v) is 3.10. The van der Waals surface area contributed by atoms with Crippen molar-refractivity contribution in [2.24, 2.45) is 0 Å². The molecule has 0 aromatic carbocycles. The highest BCUT2D eigenvalue weighted by molar-refractivity contribution is 5.37. The zero-order valence-corrected chi connectivity index (χ0v) is 12.0. The monoisotopic (exact) mass is 278 g/mol. The molecule has 20 heavy (non-hydrogen) atoms. The number of hydrogen-bond acceptors (Lipinski definition) is 7. The minimum Gasteiger partial charge on any atom is -0.467 e. The lowest BCUT2D eigenvalue weighted by Crippen LogP contribution is -2.41. The molecule has 0 amide bonds. The Hall–Kier alpha value is -1.63. The van der Waals surface area contributed by atoms with Crippen LogP contribution in [0.15, 0.2) is 0 Å².